The lowest BCUT2D eigenvalue weighted by Crippen LogP contribution is -1.89. The molecule has 6 nitrogen and oxygen atoms in total. The van der Waals surface area contributed by atoms with Crippen LogP contribution >= 0.6 is 0 Å². The molecule has 0 amide bonds. The average molecular weight is 270 g/mol. The van der Waals surface area contributed by atoms with Gasteiger partial charge in [0, 0.05) is 6.21 Å². The van der Waals surface area contributed by atoms with Crippen molar-refractivity contribution in [2.75, 3.05) is 6.54 Å². The number of nitrogens with zero attached hydrogens (tertiary/aromatic N) is 4. The van der Waals surface area contributed by atoms with Crippen molar-refractivity contribution in [2.45, 2.75) is 12.8 Å². The van der Waals surface area contributed by atoms with E-state index in [1.807, 2.05) is 24.3 Å². The topological polar surface area (TPSA) is 80.7 Å². The Bertz CT molecular complexity index is 608. The standard InChI is InChI=1S/C14H14N4O2/c1-11(14-17-13(20-18-14)8-10-16-19)15-9-7-12-5-3-2-4-6-12/h2-5,7,9H,1,6,8,10H2/b12-7-,15-9?. The Morgan fingerprint density at radius 3 is 3.15 bits per heavy atom. The minimum absolute atomic E-state index is 0.114. The molecule has 0 spiro atoms. The van der Waals surface area contributed by atoms with Crippen LogP contribution < -0.4 is 0 Å². The smallest absolute Gasteiger partial charge is 0.229 e. The van der Waals surface area contributed by atoms with E-state index < -0.39 is 0 Å². The van der Waals surface area contributed by atoms with E-state index in [0.717, 1.165) is 12.0 Å². The number of hydrogen-bond donors (Lipinski definition) is 0. The molecule has 0 aliphatic heterocycles. The Hall–Kier alpha value is -2.63. The van der Waals surface area contributed by atoms with E-state index in [1.54, 1.807) is 6.21 Å². The third kappa shape index (κ3) is 3.94. The van der Waals surface area contributed by atoms with Crippen molar-refractivity contribution < 1.29 is 4.52 Å². The van der Waals surface area contributed by atoms with Crippen molar-refractivity contribution >= 4 is 11.9 Å². The maximum absolute atomic E-state index is 10.0. The molecule has 1 aromatic heterocycles. The monoisotopic (exact) mass is 270 g/mol. The molecule has 1 aliphatic rings. The van der Waals surface area contributed by atoms with Crippen molar-refractivity contribution in [2.24, 2.45) is 10.2 Å². The summed E-state index contributed by atoms with van der Waals surface area (Å²) in [6.07, 6.45) is 12.9. The molecule has 0 fully saturated rings. The Morgan fingerprint density at radius 1 is 1.50 bits per heavy atom. The molecule has 2 rings (SSSR count). The van der Waals surface area contributed by atoms with E-state index in [1.165, 1.54) is 0 Å². The molecule has 0 aromatic carbocycles. The molecule has 0 atom stereocenters. The Morgan fingerprint density at radius 2 is 2.40 bits per heavy atom. The highest BCUT2D eigenvalue weighted by atomic mass is 16.5. The van der Waals surface area contributed by atoms with Gasteiger partial charge in [-0.05, 0) is 18.1 Å². The predicted molar refractivity (Wildman–Crippen MR) is 77.2 cm³/mol. The molecule has 0 saturated carbocycles. The molecule has 6 heteroatoms. The van der Waals surface area contributed by atoms with Gasteiger partial charge in [0.15, 0.2) is 0 Å². The molecular formula is C14H14N4O2. The van der Waals surface area contributed by atoms with Gasteiger partial charge in [0.05, 0.1) is 13.0 Å². The van der Waals surface area contributed by atoms with Gasteiger partial charge < -0.3 is 4.52 Å². The summed E-state index contributed by atoms with van der Waals surface area (Å²) >= 11 is 0. The minimum Gasteiger partial charge on any atom is -0.339 e. The zero-order valence-corrected chi connectivity index (χ0v) is 10.9. The van der Waals surface area contributed by atoms with Crippen molar-refractivity contribution in [3.8, 4) is 0 Å². The first-order valence-electron chi connectivity index (χ1n) is 6.17. The van der Waals surface area contributed by atoms with E-state index in [9.17, 15) is 4.91 Å². The van der Waals surface area contributed by atoms with Gasteiger partial charge in [0.1, 0.15) is 5.70 Å². The number of aliphatic imine (C=N–C) groups is 1. The number of aromatic nitrogens is 2. The van der Waals surface area contributed by atoms with Gasteiger partial charge in [-0.2, -0.15) is 9.89 Å². The molecule has 0 N–H and O–H groups in total. The van der Waals surface area contributed by atoms with Crippen LogP contribution in [-0.2, 0) is 6.42 Å². The minimum atomic E-state index is 0.114. The Balaban J connectivity index is 1.94. The highest BCUT2D eigenvalue weighted by Crippen LogP contribution is 2.11. The largest absolute Gasteiger partial charge is 0.339 e. The summed E-state index contributed by atoms with van der Waals surface area (Å²) in [5.41, 5.74) is 1.57. The van der Waals surface area contributed by atoms with Crippen LogP contribution in [0.4, 0.5) is 0 Å². The van der Waals surface area contributed by atoms with Crippen LogP contribution in [0.3, 0.4) is 0 Å². The first-order valence-corrected chi connectivity index (χ1v) is 6.17. The summed E-state index contributed by atoms with van der Waals surface area (Å²) in [5, 5.41) is 6.48. The third-order valence-electron chi connectivity index (χ3n) is 2.57. The molecule has 0 bridgehead atoms. The quantitative estimate of drug-likeness (QED) is 0.588. The SMILES string of the molecule is C=C(N=C/C=C1/C=CC=CC1)c1noc(CCN=O)n1. The molecule has 102 valence electrons. The molecular weight excluding hydrogens is 256 g/mol. The highest BCUT2D eigenvalue weighted by Gasteiger charge is 2.08. The van der Waals surface area contributed by atoms with Crippen LogP contribution in [0.15, 0.2) is 57.2 Å². The normalized spacial score (nSPS) is 16.1. The molecule has 1 heterocycles. The summed E-state index contributed by atoms with van der Waals surface area (Å²) in [6, 6.07) is 0. The molecule has 0 unspecified atom stereocenters. The molecule has 0 saturated heterocycles. The van der Waals surface area contributed by atoms with E-state index in [-0.39, 0.29) is 6.54 Å². The zero-order valence-electron chi connectivity index (χ0n) is 10.9. The zero-order chi connectivity index (χ0) is 14.2. The number of hydrogen-bond acceptors (Lipinski definition) is 6. The molecule has 1 aliphatic carbocycles. The van der Waals surface area contributed by atoms with Crippen LogP contribution in [-0.4, -0.2) is 22.9 Å². The lowest BCUT2D eigenvalue weighted by atomic mass is 10.1. The van der Waals surface area contributed by atoms with Gasteiger partial charge in [0.25, 0.3) is 0 Å². The van der Waals surface area contributed by atoms with Crippen LogP contribution in [0.25, 0.3) is 5.70 Å². The maximum atomic E-state index is 10.0. The first-order chi connectivity index (χ1) is 9.79. The van der Waals surface area contributed by atoms with Gasteiger partial charge >= 0.3 is 0 Å². The van der Waals surface area contributed by atoms with Gasteiger partial charge in [-0.1, -0.05) is 41.2 Å². The summed E-state index contributed by atoms with van der Waals surface area (Å²) in [6.45, 7) is 3.89. The van der Waals surface area contributed by atoms with Crippen LogP contribution in [0, 0.1) is 4.91 Å². The summed E-state index contributed by atoms with van der Waals surface area (Å²) < 4.78 is 4.95. The summed E-state index contributed by atoms with van der Waals surface area (Å²) in [5.74, 6) is 0.675. The predicted octanol–water partition coefficient (Wildman–Crippen LogP) is 2.86. The van der Waals surface area contributed by atoms with Crippen molar-refractivity contribution in [3.63, 3.8) is 0 Å². The number of rotatable bonds is 6. The van der Waals surface area contributed by atoms with E-state index in [2.05, 4.69) is 33.0 Å². The van der Waals surface area contributed by atoms with Crippen LogP contribution in [0.5, 0.6) is 0 Å². The van der Waals surface area contributed by atoms with Gasteiger partial charge in [-0.25, -0.2) is 0 Å². The number of nitroso groups, excluding NO2 is 1. The second kappa shape index (κ2) is 7.08. The Kier molecular flexibility index (Phi) is 4.88. The van der Waals surface area contributed by atoms with Crippen molar-refractivity contribution in [3.05, 3.63) is 59.2 Å². The average Bonchev–Trinajstić information content (AvgIpc) is 2.95. The van der Waals surface area contributed by atoms with Gasteiger partial charge in [-0.3, -0.25) is 4.99 Å². The lowest BCUT2D eigenvalue weighted by Gasteiger charge is -1.98. The van der Waals surface area contributed by atoms with E-state index >= 15 is 0 Å². The fraction of sp³-hybridized carbons (Fsp3) is 0.214. The molecule has 0 radical (unpaired) electrons. The maximum Gasteiger partial charge on any atom is 0.229 e. The second-order valence-corrected chi connectivity index (χ2v) is 4.07. The van der Waals surface area contributed by atoms with Crippen LogP contribution in [0.2, 0.25) is 0 Å². The number of allylic oxidation sites excluding steroid dienone is 6. The summed E-state index contributed by atoms with van der Waals surface area (Å²) in [7, 11) is 0. The Labute approximate surface area is 116 Å². The van der Waals surface area contributed by atoms with E-state index in [0.29, 0.717) is 23.8 Å². The summed E-state index contributed by atoms with van der Waals surface area (Å²) in [4.78, 5) is 18.2. The van der Waals surface area contributed by atoms with Gasteiger partial charge in [0.2, 0.25) is 11.7 Å². The lowest BCUT2D eigenvalue weighted by molar-refractivity contribution is 0.377. The van der Waals surface area contributed by atoms with E-state index in [4.69, 9.17) is 4.52 Å². The van der Waals surface area contributed by atoms with Crippen molar-refractivity contribution in [1.29, 1.82) is 0 Å². The van der Waals surface area contributed by atoms with Crippen LogP contribution in [0.1, 0.15) is 18.1 Å². The fourth-order valence-electron chi connectivity index (χ4n) is 1.55. The fourth-order valence-corrected chi connectivity index (χ4v) is 1.55. The first kappa shape index (κ1) is 13.8. The van der Waals surface area contributed by atoms with Gasteiger partial charge in [-0.15, -0.1) is 0 Å². The second-order valence-electron chi connectivity index (χ2n) is 4.07. The third-order valence-corrected chi connectivity index (χ3v) is 2.57. The molecule has 1 aromatic rings. The van der Waals surface area contributed by atoms with Crippen molar-refractivity contribution in [1.82, 2.24) is 10.1 Å². The molecule has 20 heavy (non-hydrogen) atoms. The highest BCUT2D eigenvalue weighted by molar-refractivity contribution is 5.79.